The van der Waals surface area contributed by atoms with Gasteiger partial charge in [0.2, 0.25) is 5.89 Å². The molecule has 0 saturated heterocycles. The van der Waals surface area contributed by atoms with Crippen molar-refractivity contribution in [3.63, 3.8) is 0 Å². The molecule has 0 aliphatic heterocycles. The van der Waals surface area contributed by atoms with Crippen LogP contribution in [0.25, 0.3) is 0 Å². The van der Waals surface area contributed by atoms with Crippen molar-refractivity contribution < 1.29 is 4.52 Å². The van der Waals surface area contributed by atoms with Gasteiger partial charge in [0.1, 0.15) is 0 Å². The molecule has 2 rings (SSSR count). The Hall–Kier alpha value is -1.16. The Bertz CT molecular complexity index is 659. The highest BCUT2D eigenvalue weighted by Gasteiger charge is 2.21. The first-order chi connectivity index (χ1) is 10.9. The molecule has 0 radical (unpaired) electrons. The summed E-state index contributed by atoms with van der Waals surface area (Å²) >= 11 is 1.82. The Morgan fingerprint density at radius 2 is 1.88 bits per heavy atom. The zero-order valence-electron chi connectivity index (χ0n) is 14.8. The molecule has 0 amide bonds. The Morgan fingerprint density at radius 3 is 2.42 bits per heavy atom. The number of hydrogen-bond donors (Lipinski definition) is 2. The van der Waals surface area contributed by atoms with E-state index in [1.165, 1.54) is 9.75 Å². The van der Waals surface area contributed by atoms with Crippen LogP contribution in [0.2, 0.25) is 0 Å². The molecular weight excluding hydrogens is 437 g/mol. The molecule has 0 aliphatic carbocycles. The summed E-state index contributed by atoms with van der Waals surface area (Å²) in [4.78, 5) is 11.3. The van der Waals surface area contributed by atoms with E-state index in [1.807, 2.05) is 32.1 Å². The summed E-state index contributed by atoms with van der Waals surface area (Å²) in [6.07, 6.45) is 1.07. The van der Waals surface area contributed by atoms with E-state index in [0.29, 0.717) is 18.3 Å². The van der Waals surface area contributed by atoms with E-state index < -0.39 is 0 Å². The van der Waals surface area contributed by atoms with Gasteiger partial charge >= 0.3 is 0 Å². The average Bonchev–Trinajstić information content (AvgIpc) is 3.15. The minimum absolute atomic E-state index is 0. The number of thiophene rings is 1. The van der Waals surface area contributed by atoms with Gasteiger partial charge in [-0.3, -0.25) is 4.99 Å². The van der Waals surface area contributed by atoms with Crippen molar-refractivity contribution in [2.45, 2.75) is 52.6 Å². The van der Waals surface area contributed by atoms with Gasteiger partial charge in [0.05, 0.1) is 13.1 Å². The molecule has 0 aromatic carbocycles. The zero-order valence-corrected chi connectivity index (χ0v) is 18.0. The Balaban J connectivity index is 0.00000288. The SMILES string of the molecule is CCc1ccc(CNC(=NC)NCc2noc(C(C)(C)C)n2)s1.I. The van der Waals surface area contributed by atoms with E-state index in [9.17, 15) is 0 Å². The van der Waals surface area contributed by atoms with Crippen LogP contribution in [0.5, 0.6) is 0 Å². The molecular formula is C16H26IN5OS. The number of nitrogens with one attached hydrogen (secondary N) is 2. The van der Waals surface area contributed by atoms with Gasteiger partial charge in [-0.2, -0.15) is 4.98 Å². The van der Waals surface area contributed by atoms with Crippen molar-refractivity contribution in [1.82, 2.24) is 20.8 Å². The Labute approximate surface area is 164 Å². The Kier molecular flexibility index (Phi) is 8.14. The molecule has 134 valence electrons. The standard InChI is InChI=1S/C16H25N5OS.HI/c1-6-11-7-8-12(23-11)9-18-15(17-5)19-10-13-20-14(22-21-13)16(2,3)4;/h7-8H,6,9-10H2,1-5H3,(H2,17,18,19);1H. The molecule has 0 atom stereocenters. The van der Waals surface area contributed by atoms with Crippen molar-refractivity contribution in [2.75, 3.05) is 7.05 Å². The second-order valence-electron chi connectivity index (χ2n) is 6.27. The molecule has 0 bridgehead atoms. The predicted octanol–water partition coefficient (Wildman–Crippen LogP) is 3.47. The van der Waals surface area contributed by atoms with Crippen molar-refractivity contribution in [2.24, 2.45) is 4.99 Å². The molecule has 2 aromatic heterocycles. The number of guanidine groups is 1. The topological polar surface area (TPSA) is 75.3 Å². The lowest BCUT2D eigenvalue weighted by Gasteiger charge is -2.11. The van der Waals surface area contributed by atoms with Crippen LogP contribution in [-0.4, -0.2) is 23.1 Å². The van der Waals surface area contributed by atoms with Gasteiger partial charge in [-0.05, 0) is 18.6 Å². The van der Waals surface area contributed by atoms with Crippen LogP contribution in [0.3, 0.4) is 0 Å². The molecule has 0 fully saturated rings. The van der Waals surface area contributed by atoms with Gasteiger partial charge in [-0.1, -0.05) is 32.9 Å². The molecule has 8 heteroatoms. The first-order valence-electron chi connectivity index (χ1n) is 7.77. The monoisotopic (exact) mass is 463 g/mol. The van der Waals surface area contributed by atoms with Crippen LogP contribution in [0, 0.1) is 0 Å². The molecule has 24 heavy (non-hydrogen) atoms. The molecule has 0 aliphatic rings. The summed E-state index contributed by atoms with van der Waals surface area (Å²) in [6, 6.07) is 4.32. The number of nitrogens with zero attached hydrogens (tertiary/aromatic N) is 3. The molecule has 0 unspecified atom stereocenters. The maximum absolute atomic E-state index is 5.28. The van der Waals surface area contributed by atoms with E-state index >= 15 is 0 Å². The molecule has 2 aromatic rings. The van der Waals surface area contributed by atoms with E-state index in [4.69, 9.17) is 4.52 Å². The second-order valence-corrected chi connectivity index (χ2v) is 7.52. The lowest BCUT2D eigenvalue weighted by molar-refractivity contribution is 0.318. The third-order valence-electron chi connectivity index (χ3n) is 3.24. The van der Waals surface area contributed by atoms with Gasteiger partial charge in [-0.25, -0.2) is 0 Å². The first-order valence-corrected chi connectivity index (χ1v) is 8.59. The fourth-order valence-corrected chi connectivity index (χ4v) is 2.79. The van der Waals surface area contributed by atoms with Crippen molar-refractivity contribution >= 4 is 41.3 Å². The third-order valence-corrected chi connectivity index (χ3v) is 4.47. The summed E-state index contributed by atoms with van der Waals surface area (Å²) in [6.45, 7) is 9.53. The highest BCUT2D eigenvalue weighted by molar-refractivity contribution is 14.0. The van der Waals surface area contributed by atoms with E-state index in [-0.39, 0.29) is 29.4 Å². The summed E-state index contributed by atoms with van der Waals surface area (Å²) in [5.74, 6) is 1.99. The quantitative estimate of drug-likeness (QED) is 0.404. The van der Waals surface area contributed by atoms with E-state index in [1.54, 1.807) is 7.05 Å². The number of hydrogen-bond acceptors (Lipinski definition) is 5. The van der Waals surface area contributed by atoms with Crippen LogP contribution in [0.4, 0.5) is 0 Å². The predicted molar refractivity (Wildman–Crippen MR) is 109 cm³/mol. The van der Waals surface area contributed by atoms with Crippen LogP contribution < -0.4 is 10.6 Å². The van der Waals surface area contributed by atoms with Crippen LogP contribution in [0.15, 0.2) is 21.6 Å². The summed E-state index contributed by atoms with van der Waals surface area (Å²) < 4.78 is 5.28. The lowest BCUT2D eigenvalue weighted by Crippen LogP contribution is -2.36. The van der Waals surface area contributed by atoms with Gasteiger partial charge in [0.25, 0.3) is 0 Å². The summed E-state index contributed by atoms with van der Waals surface area (Å²) in [7, 11) is 1.75. The van der Waals surface area contributed by atoms with Gasteiger partial charge in [0, 0.05) is 22.2 Å². The fraction of sp³-hybridized carbons (Fsp3) is 0.562. The lowest BCUT2D eigenvalue weighted by atomic mass is 9.97. The fourth-order valence-electron chi connectivity index (χ4n) is 1.89. The van der Waals surface area contributed by atoms with Crippen molar-refractivity contribution in [1.29, 1.82) is 0 Å². The molecule has 0 spiro atoms. The van der Waals surface area contributed by atoms with E-state index in [0.717, 1.165) is 18.9 Å². The van der Waals surface area contributed by atoms with Crippen LogP contribution in [0.1, 0.15) is 49.2 Å². The number of aromatic nitrogens is 2. The first kappa shape index (κ1) is 20.9. The van der Waals surface area contributed by atoms with Crippen LogP contribution >= 0.6 is 35.3 Å². The smallest absolute Gasteiger partial charge is 0.232 e. The summed E-state index contributed by atoms with van der Waals surface area (Å²) in [5, 5.41) is 10.5. The third kappa shape index (κ3) is 6.04. The van der Waals surface area contributed by atoms with Crippen LogP contribution in [-0.2, 0) is 24.9 Å². The summed E-state index contributed by atoms with van der Waals surface area (Å²) in [5.41, 5.74) is -0.138. The normalized spacial score (nSPS) is 12.0. The number of rotatable bonds is 5. The Morgan fingerprint density at radius 1 is 1.21 bits per heavy atom. The minimum atomic E-state index is -0.138. The highest BCUT2D eigenvalue weighted by atomic mass is 127. The molecule has 6 nitrogen and oxygen atoms in total. The number of aliphatic imine (C=N–C) groups is 1. The maximum atomic E-state index is 5.28. The average molecular weight is 463 g/mol. The maximum Gasteiger partial charge on any atom is 0.232 e. The van der Waals surface area contributed by atoms with Gasteiger partial charge < -0.3 is 15.2 Å². The second kappa shape index (κ2) is 9.36. The van der Waals surface area contributed by atoms with Gasteiger partial charge in [0.15, 0.2) is 11.8 Å². The highest BCUT2D eigenvalue weighted by Crippen LogP contribution is 2.19. The van der Waals surface area contributed by atoms with Gasteiger partial charge in [-0.15, -0.1) is 35.3 Å². The molecule has 0 saturated carbocycles. The number of halogens is 1. The van der Waals surface area contributed by atoms with E-state index in [2.05, 4.69) is 44.8 Å². The minimum Gasteiger partial charge on any atom is -0.352 e. The van der Waals surface area contributed by atoms with Crippen molar-refractivity contribution in [3.8, 4) is 0 Å². The number of aryl methyl sites for hydroxylation is 1. The molecule has 2 heterocycles. The van der Waals surface area contributed by atoms with Crippen molar-refractivity contribution in [3.05, 3.63) is 33.6 Å². The molecule has 2 N–H and O–H groups in total. The zero-order chi connectivity index (χ0) is 16.9. The largest absolute Gasteiger partial charge is 0.352 e.